The van der Waals surface area contributed by atoms with E-state index in [1.807, 2.05) is 24.3 Å². The van der Waals surface area contributed by atoms with Crippen LogP contribution in [0.2, 0.25) is 0 Å². The zero-order valence-corrected chi connectivity index (χ0v) is 18.5. The lowest BCUT2D eigenvalue weighted by Crippen LogP contribution is -2.39. The Hall–Kier alpha value is -2.80. The minimum absolute atomic E-state index is 0.0500. The van der Waals surface area contributed by atoms with Gasteiger partial charge in [0.2, 0.25) is 11.5 Å². The Bertz CT molecular complexity index is 849. The summed E-state index contributed by atoms with van der Waals surface area (Å²) in [6.45, 7) is 0. The van der Waals surface area contributed by atoms with Gasteiger partial charge in [-0.15, -0.1) is 0 Å². The van der Waals surface area contributed by atoms with Crippen LogP contribution in [-0.2, 0) is 5.54 Å². The first-order valence-electron chi connectivity index (χ1n) is 9.86. The first-order chi connectivity index (χ1) is 14.5. The van der Waals surface area contributed by atoms with Crippen LogP contribution in [0.15, 0.2) is 24.3 Å². The summed E-state index contributed by atoms with van der Waals surface area (Å²) >= 11 is 0. The number of hydrogen-bond acceptors (Lipinski definition) is 7. The lowest BCUT2D eigenvalue weighted by molar-refractivity contribution is 0.317. The molecule has 164 valence electrons. The standard InChI is InChI=1S/C23H31NO6/c1-25-17-10-14(11-18(26-2)21(17)29-5)16-8-7-9-23(16,24)15-12-19(27-3)22(30-6)20(13-15)28-4/h10-13,16H,7-9,24H2,1-6H3. The largest absolute Gasteiger partial charge is 0.493 e. The molecule has 0 aliphatic heterocycles. The van der Waals surface area contributed by atoms with Crippen LogP contribution in [0.3, 0.4) is 0 Å². The lowest BCUT2D eigenvalue weighted by Gasteiger charge is -2.34. The molecule has 0 heterocycles. The molecule has 0 bridgehead atoms. The second-order valence-electron chi connectivity index (χ2n) is 7.36. The van der Waals surface area contributed by atoms with Crippen LogP contribution >= 0.6 is 0 Å². The van der Waals surface area contributed by atoms with Crippen molar-refractivity contribution in [2.24, 2.45) is 5.73 Å². The van der Waals surface area contributed by atoms with Gasteiger partial charge in [-0.2, -0.15) is 0 Å². The molecule has 2 aromatic carbocycles. The molecule has 0 spiro atoms. The minimum atomic E-state index is -0.614. The molecule has 0 radical (unpaired) electrons. The maximum Gasteiger partial charge on any atom is 0.203 e. The molecule has 2 N–H and O–H groups in total. The van der Waals surface area contributed by atoms with Crippen molar-refractivity contribution in [3.8, 4) is 34.5 Å². The fraction of sp³-hybridized carbons (Fsp3) is 0.478. The van der Waals surface area contributed by atoms with Crippen LogP contribution in [-0.4, -0.2) is 42.7 Å². The van der Waals surface area contributed by atoms with E-state index < -0.39 is 5.54 Å². The fourth-order valence-electron chi connectivity index (χ4n) is 4.49. The Morgan fingerprint density at radius 2 is 1.13 bits per heavy atom. The van der Waals surface area contributed by atoms with Gasteiger partial charge in [0, 0.05) is 11.5 Å². The van der Waals surface area contributed by atoms with Crippen molar-refractivity contribution in [3.05, 3.63) is 35.4 Å². The highest BCUT2D eigenvalue weighted by Gasteiger charge is 2.43. The van der Waals surface area contributed by atoms with Gasteiger partial charge in [-0.1, -0.05) is 6.42 Å². The third kappa shape index (κ3) is 3.58. The minimum Gasteiger partial charge on any atom is -0.493 e. The molecule has 1 aliphatic rings. The number of benzene rings is 2. The smallest absolute Gasteiger partial charge is 0.203 e. The van der Waals surface area contributed by atoms with Crippen molar-refractivity contribution in [1.82, 2.24) is 0 Å². The van der Waals surface area contributed by atoms with E-state index in [4.69, 9.17) is 34.2 Å². The molecule has 0 amide bonds. The van der Waals surface area contributed by atoms with Crippen LogP contribution in [0, 0.1) is 0 Å². The van der Waals surface area contributed by atoms with Gasteiger partial charge in [0.25, 0.3) is 0 Å². The fourth-order valence-corrected chi connectivity index (χ4v) is 4.49. The summed E-state index contributed by atoms with van der Waals surface area (Å²) < 4.78 is 33.1. The highest BCUT2D eigenvalue weighted by atomic mass is 16.5. The number of hydrogen-bond donors (Lipinski definition) is 1. The molecule has 2 aromatic rings. The first kappa shape index (κ1) is 21.9. The Balaban J connectivity index is 2.13. The molecule has 7 nitrogen and oxygen atoms in total. The average Bonchev–Trinajstić information content (AvgIpc) is 3.19. The Labute approximate surface area is 178 Å². The van der Waals surface area contributed by atoms with Gasteiger partial charge in [-0.25, -0.2) is 0 Å². The van der Waals surface area contributed by atoms with Gasteiger partial charge < -0.3 is 34.2 Å². The summed E-state index contributed by atoms with van der Waals surface area (Å²) in [6, 6.07) is 7.85. The van der Waals surface area contributed by atoms with Crippen LogP contribution in [0.4, 0.5) is 0 Å². The number of rotatable bonds is 8. The molecule has 1 fully saturated rings. The van der Waals surface area contributed by atoms with Crippen molar-refractivity contribution in [3.63, 3.8) is 0 Å². The number of methoxy groups -OCH3 is 6. The third-order valence-electron chi connectivity index (χ3n) is 6.00. The first-order valence-corrected chi connectivity index (χ1v) is 9.86. The molecule has 1 aliphatic carbocycles. The van der Waals surface area contributed by atoms with Gasteiger partial charge in [-0.05, 0) is 48.2 Å². The molecule has 30 heavy (non-hydrogen) atoms. The van der Waals surface area contributed by atoms with Gasteiger partial charge >= 0.3 is 0 Å². The second-order valence-corrected chi connectivity index (χ2v) is 7.36. The van der Waals surface area contributed by atoms with Crippen LogP contribution in [0.25, 0.3) is 0 Å². The SMILES string of the molecule is COc1cc(C2CCCC2(N)c2cc(OC)c(OC)c(OC)c2)cc(OC)c1OC. The normalized spacial score (nSPS) is 20.6. The topological polar surface area (TPSA) is 81.4 Å². The van der Waals surface area contributed by atoms with Crippen LogP contribution in [0.5, 0.6) is 34.5 Å². The van der Waals surface area contributed by atoms with E-state index in [1.54, 1.807) is 42.7 Å². The summed E-state index contributed by atoms with van der Waals surface area (Å²) in [5, 5.41) is 0. The predicted octanol–water partition coefficient (Wildman–Crippen LogP) is 3.86. The van der Waals surface area contributed by atoms with Crippen molar-refractivity contribution >= 4 is 0 Å². The van der Waals surface area contributed by atoms with Crippen molar-refractivity contribution in [1.29, 1.82) is 0 Å². The lowest BCUT2D eigenvalue weighted by atomic mass is 9.77. The van der Waals surface area contributed by atoms with E-state index in [-0.39, 0.29) is 5.92 Å². The van der Waals surface area contributed by atoms with E-state index >= 15 is 0 Å². The van der Waals surface area contributed by atoms with Gasteiger partial charge in [-0.3, -0.25) is 0 Å². The summed E-state index contributed by atoms with van der Waals surface area (Å²) in [5.41, 5.74) is 8.45. The third-order valence-corrected chi connectivity index (χ3v) is 6.00. The maximum absolute atomic E-state index is 7.08. The number of ether oxygens (including phenoxy) is 6. The highest BCUT2D eigenvalue weighted by Crippen LogP contribution is 2.52. The zero-order chi connectivity index (χ0) is 21.9. The summed E-state index contributed by atoms with van der Waals surface area (Å²) in [4.78, 5) is 0. The molecule has 2 unspecified atom stereocenters. The van der Waals surface area contributed by atoms with Gasteiger partial charge in [0.05, 0.1) is 42.7 Å². The Morgan fingerprint density at radius 3 is 1.53 bits per heavy atom. The average molecular weight is 418 g/mol. The van der Waals surface area contributed by atoms with Crippen molar-refractivity contribution < 1.29 is 28.4 Å². The quantitative estimate of drug-likeness (QED) is 0.698. The van der Waals surface area contributed by atoms with Gasteiger partial charge in [0.1, 0.15) is 0 Å². The summed E-state index contributed by atoms with van der Waals surface area (Å²) in [6.07, 6.45) is 2.76. The van der Waals surface area contributed by atoms with E-state index in [2.05, 4.69) is 0 Å². The van der Waals surface area contributed by atoms with Crippen molar-refractivity contribution in [2.45, 2.75) is 30.7 Å². The molecule has 2 atom stereocenters. The Kier molecular flexibility index (Phi) is 6.51. The second kappa shape index (κ2) is 8.92. The molecular weight excluding hydrogens is 386 g/mol. The van der Waals surface area contributed by atoms with Crippen LogP contribution < -0.4 is 34.2 Å². The zero-order valence-electron chi connectivity index (χ0n) is 18.5. The molecule has 3 rings (SSSR count). The molecule has 1 saturated carbocycles. The Morgan fingerprint density at radius 1 is 0.700 bits per heavy atom. The predicted molar refractivity (Wildman–Crippen MR) is 115 cm³/mol. The summed E-state index contributed by atoms with van der Waals surface area (Å²) in [5.74, 6) is 3.58. The van der Waals surface area contributed by atoms with E-state index in [0.29, 0.717) is 34.5 Å². The van der Waals surface area contributed by atoms with Crippen molar-refractivity contribution in [2.75, 3.05) is 42.7 Å². The van der Waals surface area contributed by atoms with E-state index in [0.717, 1.165) is 30.4 Å². The monoisotopic (exact) mass is 417 g/mol. The van der Waals surface area contributed by atoms with Crippen LogP contribution in [0.1, 0.15) is 36.3 Å². The molecular formula is C23H31NO6. The highest BCUT2D eigenvalue weighted by molar-refractivity contribution is 5.58. The van der Waals surface area contributed by atoms with Gasteiger partial charge in [0.15, 0.2) is 23.0 Å². The van der Waals surface area contributed by atoms with E-state index in [9.17, 15) is 0 Å². The maximum atomic E-state index is 7.08. The molecule has 0 aromatic heterocycles. The van der Waals surface area contributed by atoms with E-state index in [1.165, 1.54) is 0 Å². The summed E-state index contributed by atoms with van der Waals surface area (Å²) in [7, 11) is 9.63. The molecule has 0 saturated heterocycles. The number of nitrogens with two attached hydrogens (primary N) is 1. The molecule has 7 heteroatoms.